The molecule has 2 aromatic carbocycles. The molecule has 0 saturated heterocycles. The number of carbonyl (C=O) groups is 2. The number of fused-ring (bicyclic) bond motifs is 2. The Kier molecular flexibility index (Phi) is 4.58. The number of hydrogen-bond acceptors (Lipinski definition) is 7. The fourth-order valence-corrected chi connectivity index (χ4v) is 3.80. The van der Waals surface area contributed by atoms with Gasteiger partial charge in [0.05, 0.1) is 32.3 Å². The van der Waals surface area contributed by atoms with Crippen LogP contribution in [0.1, 0.15) is 31.8 Å². The lowest BCUT2D eigenvalue weighted by molar-refractivity contribution is 0.0823. The van der Waals surface area contributed by atoms with E-state index in [0.717, 1.165) is 5.56 Å². The molecule has 2 aromatic rings. The maximum atomic E-state index is 13.3. The number of ether oxygens (including phenoxy) is 5. The van der Waals surface area contributed by atoms with Crippen molar-refractivity contribution in [1.82, 2.24) is 0 Å². The van der Waals surface area contributed by atoms with E-state index < -0.39 is 5.92 Å². The number of ketones is 1. The molecule has 0 radical (unpaired) electrons. The third-order valence-electron chi connectivity index (χ3n) is 5.12. The van der Waals surface area contributed by atoms with E-state index in [4.69, 9.17) is 23.7 Å². The molecule has 0 spiro atoms. The molecule has 0 amide bonds. The topological polar surface area (TPSA) is 80.3 Å². The highest BCUT2D eigenvalue weighted by molar-refractivity contribution is 6.07. The first-order valence-electron chi connectivity index (χ1n) is 8.88. The zero-order valence-corrected chi connectivity index (χ0v) is 15.9. The molecule has 2 heterocycles. The first-order valence-corrected chi connectivity index (χ1v) is 8.88. The number of Topliss-reactive ketones (excluding diaryl/α,β-unsaturated/α-hetero) is 1. The van der Waals surface area contributed by atoms with Crippen LogP contribution in [0.3, 0.4) is 0 Å². The predicted molar refractivity (Wildman–Crippen MR) is 99.3 cm³/mol. The molecule has 28 heavy (non-hydrogen) atoms. The molecule has 2 aliphatic heterocycles. The molecular weight excluding hydrogens is 364 g/mol. The van der Waals surface area contributed by atoms with Crippen molar-refractivity contribution in [2.24, 2.45) is 5.92 Å². The molecular formula is C21H20O7. The van der Waals surface area contributed by atoms with Crippen molar-refractivity contribution >= 4 is 12.1 Å². The average molecular weight is 384 g/mol. The predicted octanol–water partition coefficient (Wildman–Crippen LogP) is 2.99. The van der Waals surface area contributed by atoms with Crippen LogP contribution < -0.4 is 23.7 Å². The minimum atomic E-state index is -0.408. The van der Waals surface area contributed by atoms with Crippen molar-refractivity contribution in [3.8, 4) is 28.7 Å². The Bertz CT molecular complexity index is 964. The molecule has 0 unspecified atom stereocenters. The van der Waals surface area contributed by atoms with E-state index in [1.54, 1.807) is 6.92 Å². The van der Waals surface area contributed by atoms with Gasteiger partial charge in [0.2, 0.25) is 6.79 Å². The van der Waals surface area contributed by atoms with Crippen molar-refractivity contribution in [2.45, 2.75) is 13.3 Å². The quantitative estimate of drug-likeness (QED) is 0.733. The summed E-state index contributed by atoms with van der Waals surface area (Å²) in [6, 6.07) is 5.61. The molecule has 0 fully saturated rings. The minimum absolute atomic E-state index is 0.121. The number of aldehydes is 1. The number of methoxy groups -OCH3 is 2. The van der Waals surface area contributed by atoms with E-state index in [-0.39, 0.29) is 30.5 Å². The number of rotatable bonds is 5. The van der Waals surface area contributed by atoms with Gasteiger partial charge in [0.1, 0.15) is 22.8 Å². The fourth-order valence-electron chi connectivity index (χ4n) is 3.80. The standard InChI is InChI=1S/C21H20O7/c1-11-19(24-2)14(8-22)21-17(20(11)25-3)18(23)13(9-26-21)6-12-4-5-15-16(7-12)28-10-27-15/h4-5,7-8,13H,6,9-10H2,1-3H3/t13-/m1/s1. The molecule has 0 aromatic heterocycles. The monoisotopic (exact) mass is 384 g/mol. The van der Waals surface area contributed by atoms with Gasteiger partial charge in [-0.3, -0.25) is 9.59 Å². The summed E-state index contributed by atoms with van der Waals surface area (Å²) in [4.78, 5) is 24.9. The van der Waals surface area contributed by atoms with E-state index in [2.05, 4.69) is 0 Å². The number of hydrogen-bond donors (Lipinski definition) is 0. The van der Waals surface area contributed by atoms with Crippen molar-refractivity contribution in [2.75, 3.05) is 27.6 Å². The van der Waals surface area contributed by atoms with Crippen LogP contribution in [0.5, 0.6) is 28.7 Å². The highest BCUT2D eigenvalue weighted by Gasteiger charge is 2.37. The Morgan fingerprint density at radius 2 is 1.86 bits per heavy atom. The van der Waals surface area contributed by atoms with Crippen LogP contribution >= 0.6 is 0 Å². The van der Waals surface area contributed by atoms with Crippen LogP contribution in [0, 0.1) is 12.8 Å². The van der Waals surface area contributed by atoms with Gasteiger partial charge in [0.25, 0.3) is 0 Å². The van der Waals surface area contributed by atoms with Gasteiger partial charge in [0.15, 0.2) is 23.6 Å². The summed E-state index contributed by atoms with van der Waals surface area (Å²) in [7, 11) is 2.95. The van der Waals surface area contributed by atoms with Crippen LogP contribution in [0.25, 0.3) is 0 Å². The molecule has 0 aliphatic carbocycles. The maximum absolute atomic E-state index is 13.3. The SMILES string of the molecule is COc1c(C)c(OC)c2c(c1C=O)OC[C@@H](Cc1ccc3c(c1)OCO3)C2=O. The van der Waals surface area contributed by atoms with Crippen molar-refractivity contribution < 1.29 is 33.3 Å². The van der Waals surface area contributed by atoms with E-state index in [0.29, 0.717) is 46.8 Å². The van der Waals surface area contributed by atoms with Crippen molar-refractivity contribution in [3.63, 3.8) is 0 Å². The van der Waals surface area contributed by atoms with Crippen molar-refractivity contribution in [1.29, 1.82) is 0 Å². The van der Waals surface area contributed by atoms with Crippen molar-refractivity contribution in [3.05, 3.63) is 40.5 Å². The molecule has 7 nitrogen and oxygen atoms in total. The summed E-state index contributed by atoms with van der Waals surface area (Å²) in [5.74, 6) is 1.79. The van der Waals surface area contributed by atoms with Crippen LogP contribution in [0.4, 0.5) is 0 Å². The van der Waals surface area contributed by atoms with Gasteiger partial charge in [-0.2, -0.15) is 0 Å². The number of benzene rings is 2. The summed E-state index contributed by atoms with van der Waals surface area (Å²) in [5, 5.41) is 0. The zero-order chi connectivity index (χ0) is 19.8. The zero-order valence-electron chi connectivity index (χ0n) is 15.9. The summed E-state index contributed by atoms with van der Waals surface area (Å²) < 4.78 is 27.4. The van der Waals surface area contributed by atoms with Gasteiger partial charge in [-0.15, -0.1) is 0 Å². The van der Waals surface area contributed by atoms with Gasteiger partial charge in [-0.25, -0.2) is 0 Å². The average Bonchev–Trinajstić information content (AvgIpc) is 3.17. The second kappa shape index (κ2) is 7.07. The Hall–Kier alpha value is -3.22. The molecule has 2 aliphatic rings. The lowest BCUT2D eigenvalue weighted by Gasteiger charge is -2.28. The van der Waals surface area contributed by atoms with Gasteiger partial charge >= 0.3 is 0 Å². The summed E-state index contributed by atoms with van der Waals surface area (Å²) in [5.41, 5.74) is 2.05. The smallest absolute Gasteiger partial charge is 0.231 e. The largest absolute Gasteiger partial charge is 0.495 e. The maximum Gasteiger partial charge on any atom is 0.231 e. The highest BCUT2D eigenvalue weighted by atomic mass is 16.7. The molecule has 146 valence electrons. The third kappa shape index (κ3) is 2.74. The molecule has 4 rings (SSSR count). The number of carbonyl (C=O) groups excluding carboxylic acids is 2. The van der Waals surface area contributed by atoms with Gasteiger partial charge in [0, 0.05) is 5.56 Å². The van der Waals surface area contributed by atoms with E-state index in [1.165, 1.54) is 14.2 Å². The van der Waals surface area contributed by atoms with E-state index in [1.807, 2.05) is 18.2 Å². The third-order valence-corrected chi connectivity index (χ3v) is 5.12. The lowest BCUT2D eigenvalue weighted by Crippen LogP contribution is -2.31. The first kappa shape index (κ1) is 18.2. The Morgan fingerprint density at radius 3 is 2.57 bits per heavy atom. The Morgan fingerprint density at radius 1 is 1.11 bits per heavy atom. The first-order chi connectivity index (χ1) is 13.6. The fraction of sp³-hybridized carbons (Fsp3) is 0.333. The molecule has 0 N–H and O–H groups in total. The van der Waals surface area contributed by atoms with Crippen LogP contribution in [0.2, 0.25) is 0 Å². The second-order valence-electron chi connectivity index (χ2n) is 6.69. The Labute approximate surface area is 162 Å². The highest BCUT2D eigenvalue weighted by Crippen LogP contribution is 2.46. The minimum Gasteiger partial charge on any atom is -0.495 e. The summed E-state index contributed by atoms with van der Waals surface area (Å²) in [6.45, 7) is 2.11. The second-order valence-corrected chi connectivity index (χ2v) is 6.69. The molecule has 1 atom stereocenters. The molecule has 0 bridgehead atoms. The molecule has 0 saturated carbocycles. The lowest BCUT2D eigenvalue weighted by atomic mass is 9.86. The van der Waals surface area contributed by atoms with E-state index in [9.17, 15) is 9.59 Å². The van der Waals surface area contributed by atoms with Crippen LogP contribution in [-0.2, 0) is 6.42 Å². The van der Waals surface area contributed by atoms with Crippen LogP contribution in [-0.4, -0.2) is 39.7 Å². The Balaban J connectivity index is 1.72. The molecule has 7 heteroatoms. The van der Waals surface area contributed by atoms with Gasteiger partial charge in [-0.1, -0.05) is 6.07 Å². The van der Waals surface area contributed by atoms with E-state index >= 15 is 0 Å². The van der Waals surface area contributed by atoms with Gasteiger partial charge in [-0.05, 0) is 31.0 Å². The van der Waals surface area contributed by atoms with Gasteiger partial charge < -0.3 is 23.7 Å². The normalized spacial score (nSPS) is 17.0. The summed E-state index contributed by atoms with van der Waals surface area (Å²) >= 11 is 0. The summed E-state index contributed by atoms with van der Waals surface area (Å²) in [6.07, 6.45) is 1.12. The van der Waals surface area contributed by atoms with Crippen LogP contribution in [0.15, 0.2) is 18.2 Å².